The van der Waals surface area contributed by atoms with Crippen molar-refractivity contribution < 1.29 is 27.9 Å². The molecule has 0 aromatic heterocycles. The topological polar surface area (TPSA) is 154 Å². The van der Waals surface area contributed by atoms with Gasteiger partial charge in [0.05, 0.1) is 11.8 Å². The molecule has 3 atom stereocenters. The Morgan fingerprint density at radius 1 is 0.868 bits per heavy atom. The van der Waals surface area contributed by atoms with Gasteiger partial charge in [0.2, 0.25) is 21.8 Å². The van der Waals surface area contributed by atoms with E-state index in [2.05, 4.69) is 20.7 Å². The fourth-order valence-corrected chi connectivity index (χ4v) is 4.96. The van der Waals surface area contributed by atoms with Crippen LogP contribution in [-0.2, 0) is 30.2 Å². The third kappa shape index (κ3) is 11.4. The van der Waals surface area contributed by atoms with Gasteiger partial charge in [-0.15, -0.1) is 0 Å². The van der Waals surface area contributed by atoms with E-state index in [0.29, 0.717) is 17.7 Å². The number of carbonyl (C=O) groups is 3. The summed E-state index contributed by atoms with van der Waals surface area (Å²) in [6.07, 6.45) is 0.813. The van der Waals surface area contributed by atoms with Gasteiger partial charge in [-0.2, -0.15) is 0 Å². The molecular formula is C27H38N4O6S. The molecule has 0 radical (unpaired) electrons. The lowest BCUT2D eigenvalue weighted by atomic mass is 10.0. The third-order valence-electron chi connectivity index (χ3n) is 5.71. The molecule has 5 N–H and O–H groups in total. The number of rotatable bonds is 16. The van der Waals surface area contributed by atoms with E-state index in [9.17, 15) is 27.9 Å². The van der Waals surface area contributed by atoms with Crippen molar-refractivity contribution in [1.82, 2.24) is 15.4 Å². The van der Waals surface area contributed by atoms with E-state index in [1.54, 1.807) is 54.6 Å². The van der Waals surface area contributed by atoms with E-state index in [4.69, 9.17) is 0 Å². The van der Waals surface area contributed by atoms with Crippen LogP contribution in [-0.4, -0.2) is 56.0 Å². The molecule has 0 saturated carbocycles. The number of carboxylic acids is 1. The van der Waals surface area contributed by atoms with Crippen LogP contribution in [0.1, 0.15) is 45.6 Å². The van der Waals surface area contributed by atoms with Crippen LogP contribution in [0, 0.1) is 5.92 Å². The number of hydrogen-bond acceptors (Lipinski definition) is 6. The number of benzene rings is 2. The zero-order valence-electron chi connectivity index (χ0n) is 22.0. The van der Waals surface area contributed by atoms with E-state index >= 15 is 0 Å². The summed E-state index contributed by atoms with van der Waals surface area (Å²) in [4.78, 5) is 37.6. The van der Waals surface area contributed by atoms with E-state index < -0.39 is 40.0 Å². The Bertz CT molecular complexity index is 1140. The first-order valence-corrected chi connectivity index (χ1v) is 14.3. The number of nitrogens with one attached hydrogen (secondary N) is 4. The molecule has 0 fully saturated rings. The van der Waals surface area contributed by atoms with Gasteiger partial charge in [-0.1, -0.05) is 62.4 Å². The van der Waals surface area contributed by atoms with Crippen LogP contribution in [0.5, 0.6) is 0 Å². The number of anilines is 1. The van der Waals surface area contributed by atoms with Crippen LogP contribution in [0.15, 0.2) is 60.7 Å². The average Bonchev–Trinajstić information content (AvgIpc) is 2.85. The molecular weight excluding hydrogens is 508 g/mol. The third-order valence-corrected chi connectivity index (χ3v) is 7.07. The number of para-hydroxylation sites is 1. The van der Waals surface area contributed by atoms with E-state index in [1.807, 2.05) is 19.9 Å². The molecule has 2 aromatic carbocycles. The maximum Gasteiger partial charge on any atom is 0.320 e. The van der Waals surface area contributed by atoms with Crippen LogP contribution in [0.4, 0.5) is 5.69 Å². The van der Waals surface area contributed by atoms with Crippen LogP contribution in [0.3, 0.4) is 0 Å². The first-order chi connectivity index (χ1) is 18.0. The van der Waals surface area contributed by atoms with Gasteiger partial charge in [-0.05, 0) is 49.8 Å². The van der Waals surface area contributed by atoms with Gasteiger partial charge >= 0.3 is 5.97 Å². The molecule has 0 unspecified atom stereocenters. The van der Waals surface area contributed by atoms with Gasteiger partial charge < -0.3 is 15.7 Å². The lowest BCUT2D eigenvalue weighted by Gasteiger charge is -2.25. The summed E-state index contributed by atoms with van der Waals surface area (Å²) in [5.41, 5.74) is 1.25. The summed E-state index contributed by atoms with van der Waals surface area (Å²) in [6, 6.07) is 14.8. The van der Waals surface area contributed by atoms with Gasteiger partial charge in [0.25, 0.3) is 0 Å². The van der Waals surface area contributed by atoms with Gasteiger partial charge in [0.1, 0.15) is 12.1 Å². The normalized spacial score (nSPS) is 13.9. The summed E-state index contributed by atoms with van der Waals surface area (Å²) in [6.45, 7) is 5.35. The number of amides is 2. The molecule has 2 amide bonds. The SMILES string of the molecule is CC(C)C[C@H](NC(=O)[C@H](CCCNS(=O)(=O)Cc1ccccc1)N[C@H](C)C(=O)O)C(=O)Nc1ccccc1. The standard InChI is InChI=1S/C27H38N4O6S/c1-19(2)17-24(26(33)30-22-13-8-5-9-14-22)31-25(32)23(29-20(3)27(34)35)15-10-16-28-38(36,37)18-21-11-6-4-7-12-21/h4-9,11-14,19-20,23-24,28-29H,10,15-18H2,1-3H3,(H,30,33)(H,31,32)(H,34,35)/t20-,23+,24+/m1/s1. The highest BCUT2D eigenvalue weighted by atomic mass is 32.2. The molecule has 11 heteroatoms. The summed E-state index contributed by atoms with van der Waals surface area (Å²) in [5.74, 6) is -2.10. The maximum atomic E-state index is 13.2. The summed E-state index contributed by atoms with van der Waals surface area (Å²) < 4.78 is 27.3. The smallest absolute Gasteiger partial charge is 0.320 e. The van der Waals surface area contributed by atoms with Gasteiger partial charge in [0.15, 0.2) is 0 Å². The molecule has 2 aromatic rings. The number of hydrogen-bond donors (Lipinski definition) is 5. The van der Waals surface area contributed by atoms with Crippen molar-refractivity contribution in [3.63, 3.8) is 0 Å². The number of sulfonamides is 1. The lowest BCUT2D eigenvalue weighted by molar-refractivity contribution is -0.139. The lowest BCUT2D eigenvalue weighted by Crippen LogP contribution is -2.54. The van der Waals surface area contributed by atoms with Crippen molar-refractivity contribution in [2.24, 2.45) is 5.92 Å². The molecule has 0 aliphatic carbocycles. The predicted octanol–water partition coefficient (Wildman–Crippen LogP) is 2.49. The van der Waals surface area contributed by atoms with E-state index in [-0.39, 0.29) is 37.0 Å². The van der Waals surface area contributed by atoms with E-state index in [0.717, 1.165) is 0 Å². The second kappa shape index (κ2) is 15.2. The Morgan fingerprint density at radius 2 is 1.47 bits per heavy atom. The first kappa shape index (κ1) is 30.9. The Kier molecular flexibility index (Phi) is 12.4. The predicted molar refractivity (Wildman–Crippen MR) is 147 cm³/mol. The zero-order chi connectivity index (χ0) is 28.1. The van der Waals surface area contributed by atoms with Crippen LogP contribution >= 0.6 is 0 Å². The highest BCUT2D eigenvalue weighted by molar-refractivity contribution is 7.88. The van der Waals surface area contributed by atoms with E-state index in [1.165, 1.54) is 6.92 Å². The molecule has 0 saturated heterocycles. The molecule has 2 rings (SSSR count). The van der Waals surface area contributed by atoms with Gasteiger partial charge in [0, 0.05) is 12.2 Å². The van der Waals surface area contributed by atoms with Crippen molar-refractivity contribution in [2.75, 3.05) is 11.9 Å². The molecule has 0 bridgehead atoms. The molecule has 0 spiro atoms. The molecule has 10 nitrogen and oxygen atoms in total. The largest absolute Gasteiger partial charge is 0.480 e. The minimum Gasteiger partial charge on any atom is -0.480 e. The second-order valence-electron chi connectivity index (χ2n) is 9.61. The van der Waals surface area contributed by atoms with Crippen molar-refractivity contribution >= 4 is 33.5 Å². The molecule has 0 aliphatic heterocycles. The highest BCUT2D eigenvalue weighted by Gasteiger charge is 2.28. The van der Waals surface area contributed by atoms with Crippen molar-refractivity contribution in [3.05, 3.63) is 66.2 Å². The quantitative estimate of drug-likeness (QED) is 0.203. The Morgan fingerprint density at radius 3 is 2.05 bits per heavy atom. The molecule has 38 heavy (non-hydrogen) atoms. The summed E-state index contributed by atoms with van der Waals surface area (Å²) >= 11 is 0. The van der Waals surface area contributed by atoms with Crippen molar-refractivity contribution in [1.29, 1.82) is 0 Å². The van der Waals surface area contributed by atoms with Crippen LogP contribution < -0.4 is 20.7 Å². The van der Waals surface area contributed by atoms with Gasteiger partial charge in [-0.3, -0.25) is 19.7 Å². The number of carbonyl (C=O) groups excluding carboxylic acids is 2. The van der Waals surface area contributed by atoms with Crippen LogP contribution in [0.2, 0.25) is 0 Å². The number of carboxylic acid groups (broad SMARTS) is 1. The summed E-state index contributed by atoms with van der Waals surface area (Å²) in [5, 5.41) is 17.7. The Balaban J connectivity index is 2.02. The molecule has 0 heterocycles. The van der Waals surface area contributed by atoms with Crippen molar-refractivity contribution in [3.8, 4) is 0 Å². The van der Waals surface area contributed by atoms with Crippen LogP contribution in [0.25, 0.3) is 0 Å². The first-order valence-electron chi connectivity index (χ1n) is 12.6. The van der Waals surface area contributed by atoms with Gasteiger partial charge in [-0.25, -0.2) is 13.1 Å². The number of aliphatic carboxylic acids is 1. The minimum absolute atomic E-state index is 0.0754. The summed E-state index contributed by atoms with van der Waals surface area (Å²) in [7, 11) is -3.58. The zero-order valence-corrected chi connectivity index (χ0v) is 22.8. The minimum atomic E-state index is -3.58. The van der Waals surface area contributed by atoms with Crippen molar-refractivity contribution in [2.45, 2.75) is 63.9 Å². The fraction of sp³-hybridized carbons (Fsp3) is 0.444. The Hall–Kier alpha value is -3.28. The molecule has 0 aliphatic rings. The fourth-order valence-electron chi connectivity index (χ4n) is 3.77. The second-order valence-corrected chi connectivity index (χ2v) is 11.4. The molecule has 208 valence electrons. The average molecular weight is 547 g/mol. The monoisotopic (exact) mass is 546 g/mol. The Labute approximate surface area is 224 Å². The maximum absolute atomic E-state index is 13.2. The highest BCUT2D eigenvalue weighted by Crippen LogP contribution is 2.11.